The summed E-state index contributed by atoms with van der Waals surface area (Å²) < 4.78 is 6.97. The molecule has 8 heteroatoms. The number of methoxy groups -OCH3 is 1. The van der Waals surface area contributed by atoms with Gasteiger partial charge in [0.05, 0.1) is 24.8 Å². The van der Waals surface area contributed by atoms with E-state index in [-0.39, 0.29) is 17.9 Å². The number of hydrogen-bond donors (Lipinski definition) is 0. The molecule has 4 heterocycles. The van der Waals surface area contributed by atoms with Gasteiger partial charge in [0.15, 0.2) is 5.65 Å². The van der Waals surface area contributed by atoms with Crippen molar-refractivity contribution in [1.82, 2.24) is 24.4 Å². The third-order valence-electron chi connectivity index (χ3n) is 6.92. The molecule has 2 aliphatic rings. The van der Waals surface area contributed by atoms with Crippen LogP contribution >= 0.6 is 0 Å². The molecular weight excluding hydrogens is 406 g/mol. The van der Waals surface area contributed by atoms with Crippen LogP contribution in [0.25, 0.3) is 5.65 Å². The second-order valence-electron chi connectivity index (χ2n) is 9.03. The second kappa shape index (κ2) is 9.98. The van der Waals surface area contributed by atoms with Crippen LogP contribution in [0.15, 0.2) is 6.07 Å². The molecule has 1 unspecified atom stereocenters. The summed E-state index contributed by atoms with van der Waals surface area (Å²) in [6, 6.07) is 2.00. The number of nitrogens with zero attached hydrogens (tertiary/aromatic N) is 5. The number of carbonyl (C=O) groups is 2. The van der Waals surface area contributed by atoms with Gasteiger partial charge in [-0.25, -0.2) is 9.50 Å². The largest absolute Gasteiger partial charge is 0.384 e. The van der Waals surface area contributed by atoms with Crippen molar-refractivity contribution in [3.8, 4) is 0 Å². The Morgan fingerprint density at radius 2 is 1.84 bits per heavy atom. The Labute approximate surface area is 189 Å². The molecule has 174 valence electrons. The van der Waals surface area contributed by atoms with E-state index in [1.807, 2.05) is 27.3 Å². The molecule has 2 fully saturated rings. The van der Waals surface area contributed by atoms with Crippen LogP contribution in [0, 0.1) is 13.8 Å². The Bertz CT molecular complexity index is 980. The minimum atomic E-state index is -0.00936. The third kappa shape index (κ3) is 4.65. The molecule has 8 nitrogen and oxygen atoms in total. The van der Waals surface area contributed by atoms with Gasteiger partial charge in [-0.15, -0.1) is 0 Å². The van der Waals surface area contributed by atoms with Gasteiger partial charge in [0.1, 0.15) is 0 Å². The van der Waals surface area contributed by atoms with E-state index in [0.29, 0.717) is 25.9 Å². The van der Waals surface area contributed by atoms with Crippen molar-refractivity contribution in [3.63, 3.8) is 0 Å². The van der Waals surface area contributed by atoms with Gasteiger partial charge in [-0.3, -0.25) is 9.59 Å². The lowest BCUT2D eigenvalue weighted by Gasteiger charge is -2.26. The van der Waals surface area contributed by atoms with E-state index >= 15 is 0 Å². The fourth-order valence-electron chi connectivity index (χ4n) is 5.11. The molecule has 4 rings (SSSR count). The normalized spacial score (nSPS) is 19.2. The first-order valence-electron chi connectivity index (χ1n) is 11.9. The maximum absolute atomic E-state index is 12.6. The SMILES string of the molecule is COCCC(=O)N1CCCC1c1cc2nc(C)c(CCC(=O)N3CCCCC3)c(C)n2n1. The predicted octanol–water partition coefficient (Wildman–Crippen LogP) is 2.99. The number of aryl methyl sites for hydroxylation is 2. The molecule has 1 atom stereocenters. The molecule has 0 bridgehead atoms. The summed E-state index contributed by atoms with van der Waals surface area (Å²) in [7, 11) is 1.62. The van der Waals surface area contributed by atoms with Gasteiger partial charge in [0.2, 0.25) is 11.8 Å². The van der Waals surface area contributed by atoms with Crippen molar-refractivity contribution in [3.05, 3.63) is 28.7 Å². The first-order valence-corrected chi connectivity index (χ1v) is 11.9. The van der Waals surface area contributed by atoms with Crippen LogP contribution in [0.4, 0.5) is 0 Å². The Morgan fingerprint density at radius 1 is 1.06 bits per heavy atom. The summed E-state index contributed by atoms with van der Waals surface area (Å²) in [5, 5.41) is 4.86. The Balaban J connectivity index is 1.52. The second-order valence-corrected chi connectivity index (χ2v) is 9.03. The summed E-state index contributed by atoms with van der Waals surface area (Å²) in [5.41, 5.74) is 4.77. The number of amides is 2. The molecule has 0 N–H and O–H groups in total. The van der Waals surface area contributed by atoms with Crippen LogP contribution in [0.2, 0.25) is 0 Å². The first-order chi connectivity index (χ1) is 15.5. The molecule has 2 aromatic heterocycles. The fraction of sp³-hybridized carbons (Fsp3) is 0.667. The summed E-state index contributed by atoms with van der Waals surface area (Å²) >= 11 is 0. The van der Waals surface area contributed by atoms with E-state index in [4.69, 9.17) is 14.8 Å². The average molecular weight is 442 g/mol. The number of hydrogen-bond acceptors (Lipinski definition) is 5. The molecule has 2 aromatic rings. The molecule has 0 radical (unpaired) electrons. The number of rotatable bonds is 7. The van der Waals surface area contributed by atoms with E-state index in [1.165, 1.54) is 6.42 Å². The summed E-state index contributed by atoms with van der Waals surface area (Å²) in [4.78, 5) is 34.0. The van der Waals surface area contributed by atoms with Crippen LogP contribution in [-0.4, -0.2) is 69.6 Å². The highest BCUT2D eigenvalue weighted by molar-refractivity contribution is 5.77. The molecule has 0 saturated carbocycles. The lowest BCUT2D eigenvalue weighted by atomic mass is 10.0. The van der Waals surface area contributed by atoms with E-state index in [2.05, 4.69) is 6.92 Å². The number of likely N-dealkylation sites (tertiary alicyclic amines) is 2. The van der Waals surface area contributed by atoms with Crippen molar-refractivity contribution in [2.24, 2.45) is 0 Å². The van der Waals surface area contributed by atoms with Crippen molar-refractivity contribution in [2.45, 2.75) is 71.3 Å². The van der Waals surface area contributed by atoms with Gasteiger partial charge < -0.3 is 14.5 Å². The standard InChI is InChI=1S/C24H35N5O3/c1-17-19(9-10-23(30)27-12-5-4-6-13-27)18(2)29-22(25-17)16-20(26-29)21-8-7-14-28(21)24(31)11-15-32-3/h16,21H,4-15H2,1-3H3. The Hall–Kier alpha value is -2.48. The van der Waals surface area contributed by atoms with E-state index < -0.39 is 0 Å². The monoisotopic (exact) mass is 441 g/mol. The highest BCUT2D eigenvalue weighted by Crippen LogP contribution is 2.32. The van der Waals surface area contributed by atoms with Crippen LogP contribution in [0.5, 0.6) is 0 Å². The van der Waals surface area contributed by atoms with Gasteiger partial charge in [-0.2, -0.15) is 5.10 Å². The quantitative estimate of drug-likeness (QED) is 0.660. The fourth-order valence-corrected chi connectivity index (χ4v) is 5.11. The minimum Gasteiger partial charge on any atom is -0.384 e. The van der Waals surface area contributed by atoms with Crippen LogP contribution < -0.4 is 0 Å². The van der Waals surface area contributed by atoms with E-state index in [1.54, 1.807) is 7.11 Å². The number of piperidine rings is 1. The van der Waals surface area contributed by atoms with Crippen molar-refractivity contribution in [1.29, 1.82) is 0 Å². The molecule has 0 spiro atoms. The average Bonchev–Trinajstić information content (AvgIpc) is 3.45. The number of carbonyl (C=O) groups excluding carboxylic acids is 2. The zero-order valence-electron chi connectivity index (χ0n) is 19.6. The minimum absolute atomic E-state index is 0.00936. The molecule has 2 aliphatic heterocycles. The summed E-state index contributed by atoms with van der Waals surface area (Å²) in [5.74, 6) is 0.352. The Kier molecular flexibility index (Phi) is 7.08. The van der Waals surface area contributed by atoms with Crippen LogP contribution in [-0.2, 0) is 20.7 Å². The van der Waals surface area contributed by atoms with Gasteiger partial charge in [-0.1, -0.05) is 0 Å². The van der Waals surface area contributed by atoms with Gasteiger partial charge in [0.25, 0.3) is 0 Å². The predicted molar refractivity (Wildman–Crippen MR) is 121 cm³/mol. The molecule has 2 amide bonds. The number of ether oxygens (including phenoxy) is 1. The first kappa shape index (κ1) is 22.7. The maximum Gasteiger partial charge on any atom is 0.225 e. The van der Waals surface area contributed by atoms with Gasteiger partial charge >= 0.3 is 0 Å². The van der Waals surface area contributed by atoms with Crippen LogP contribution in [0.3, 0.4) is 0 Å². The highest BCUT2D eigenvalue weighted by Gasteiger charge is 2.32. The molecule has 32 heavy (non-hydrogen) atoms. The molecular formula is C24H35N5O3. The van der Waals surface area contributed by atoms with E-state index in [0.717, 1.165) is 73.6 Å². The lowest BCUT2D eigenvalue weighted by molar-refractivity contribution is -0.133. The summed E-state index contributed by atoms with van der Waals surface area (Å²) in [6.45, 7) is 7.03. The van der Waals surface area contributed by atoms with Crippen molar-refractivity contribution >= 4 is 17.5 Å². The van der Waals surface area contributed by atoms with Gasteiger partial charge in [-0.05, 0) is 57.9 Å². The zero-order chi connectivity index (χ0) is 22.7. The smallest absolute Gasteiger partial charge is 0.225 e. The Morgan fingerprint density at radius 3 is 2.59 bits per heavy atom. The van der Waals surface area contributed by atoms with E-state index in [9.17, 15) is 9.59 Å². The van der Waals surface area contributed by atoms with Crippen molar-refractivity contribution in [2.75, 3.05) is 33.4 Å². The van der Waals surface area contributed by atoms with Crippen molar-refractivity contribution < 1.29 is 14.3 Å². The zero-order valence-corrected chi connectivity index (χ0v) is 19.6. The van der Waals surface area contributed by atoms with Crippen LogP contribution in [0.1, 0.15) is 73.6 Å². The van der Waals surface area contributed by atoms with Gasteiger partial charge in [0, 0.05) is 50.6 Å². The molecule has 0 aliphatic carbocycles. The molecule has 2 saturated heterocycles. The topological polar surface area (TPSA) is 80.0 Å². The highest BCUT2D eigenvalue weighted by atomic mass is 16.5. The number of aromatic nitrogens is 3. The molecule has 0 aromatic carbocycles. The third-order valence-corrected chi connectivity index (χ3v) is 6.92. The number of fused-ring (bicyclic) bond motifs is 1. The lowest BCUT2D eigenvalue weighted by Crippen LogP contribution is -2.35. The summed E-state index contributed by atoms with van der Waals surface area (Å²) in [6.07, 6.45) is 6.92. The maximum atomic E-state index is 12.6.